The molecule has 1 aliphatic carbocycles. The van der Waals surface area contributed by atoms with Crippen molar-refractivity contribution in [2.75, 3.05) is 41.5 Å². The average molecular weight is 525 g/mol. The van der Waals surface area contributed by atoms with Gasteiger partial charge in [-0.15, -0.1) is 0 Å². The van der Waals surface area contributed by atoms with Crippen molar-refractivity contribution in [2.24, 2.45) is 0 Å². The molecule has 37 heavy (non-hydrogen) atoms. The summed E-state index contributed by atoms with van der Waals surface area (Å²) in [5.74, 6) is 1.71. The first-order valence-corrected chi connectivity index (χ1v) is 14.3. The molecule has 2 aromatic heterocycles. The Kier molecular flexibility index (Phi) is 7.04. The lowest BCUT2D eigenvalue weighted by molar-refractivity contribution is 0.0985. The Labute approximate surface area is 217 Å². The molecule has 3 heterocycles. The van der Waals surface area contributed by atoms with Gasteiger partial charge in [0.25, 0.3) is 0 Å². The van der Waals surface area contributed by atoms with Gasteiger partial charge in [0.1, 0.15) is 16.4 Å². The van der Waals surface area contributed by atoms with E-state index in [-0.39, 0.29) is 6.04 Å². The van der Waals surface area contributed by atoms with E-state index in [0.29, 0.717) is 55.6 Å². The first-order chi connectivity index (χ1) is 17.7. The van der Waals surface area contributed by atoms with Crippen molar-refractivity contribution in [1.82, 2.24) is 15.0 Å². The van der Waals surface area contributed by atoms with Crippen LogP contribution in [0.15, 0.2) is 54.7 Å². The number of pyridine rings is 1. The zero-order valence-corrected chi connectivity index (χ0v) is 21.7. The largest absolute Gasteiger partial charge is 0.377 e. The Bertz CT molecular complexity index is 1250. The molecule has 3 aromatic rings. The van der Waals surface area contributed by atoms with E-state index in [1.165, 1.54) is 6.26 Å². The second-order valence-corrected chi connectivity index (χ2v) is 12.1. The number of hydrogen-bond acceptors (Lipinski definition) is 8. The summed E-state index contributed by atoms with van der Waals surface area (Å²) in [5, 5.41) is 5.49. The predicted molar refractivity (Wildman–Crippen MR) is 146 cm³/mol. The van der Waals surface area contributed by atoms with E-state index in [0.717, 1.165) is 17.8 Å². The minimum Gasteiger partial charge on any atom is -0.377 e. The maximum Gasteiger partial charge on any atom is 0.324 e. The molecule has 11 heteroatoms. The van der Waals surface area contributed by atoms with Crippen molar-refractivity contribution in [3.8, 4) is 11.4 Å². The lowest BCUT2D eigenvalue weighted by Crippen LogP contribution is -2.45. The molecule has 0 spiro atoms. The van der Waals surface area contributed by atoms with Crippen LogP contribution in [0.25, 0.3) is 11.4 Å². The maximum atomic E-state index is 12.3. The highest BCUT2D eigenvalue weighted by atomic mass is 32.3. The summed E-state index contributed by atoms with van der Waals surface area (Å²) in [4.78, 5) is 28.3. The van der Waals surface area contributed by atoms with Crippen LogP contribution in [0, 0.1) is 0 Å². The number of amides is 2. The number of nitrogens with one attached hydrogen (secondary N) is 2. The van der Waals surface area contributed by atoms with Crippen LogP contribution in [0.3, 0.4) is 0 Å². The minimum atomic E-state index is -2.88. The van der Waals surface area contributed by atoms with Crippen LogP contribution in [0.4, 0.5) is 22.1 Å². The fraction of sp³-hybridized carbons (Fsp3) is 0.385. The van der Waals surface area contributed by atoms with Gasteiger partial charge in [-0.05, 0) is 62.6 Å². The number of morpholine rings is 1. The Balaban J connectivity index is 1.44. The first-order valence-electron chi connectivity index (χ1n) is 12.3. The number of carbonyl (C=O) groups excluding carboxylic acids is 1. The quantitative estimate of drug-likeness (QED) is 0.347. The number of nitrogens with zero attached hydrogens (tertiary/aromatic N) is 4. The number of carbonyl (C=O) groups is 1. The van der Waals surface area contributed by atoms with E-state index in [1.807, 2.05) is 18.2 Å². The third kappa shape index (κ3) is 5.26. The number of hydrogen-bond donors (Lipinski definition) is 4. The number of benzene rings is 1. The van der Waals surface area contributed by atoms with Crippen molar-refractivity contribution in [3.63, 3.8) is 0 Å². The zero-order valence-electron chi connectivity index (χ0n) is 20.9. The third-order valence-corrected chi connectivity index (χ3v) is 9.15. The van der Waals surface area contributed by atoms with Gasteiger partial charge < -0.3 is 15.0 Å². The monoisotopic (exact) mass is 524 g/mol. The summed E-state index contributed by atoms with van der Waals surface area (Å²) in [6, 6.07) is 14.2. The molecule has 0 unspecified atom stereocenters. The van der Waals surface area contributed by atoms with Gasteiger partial charge in [-0.25, -0.2) is 19.7 Å². The van der Waals surface area contributed by atoms with Crippen LogP contribution in [0.1, 0.15) is 31.9 Å². The maximum absolute atomic E-state index is 12.3. The fourth-order valence-corrected chi connectivity index (χ4v) is 6.33. The van der Waals surface area contributed by atoms with Gasteiger partial charge in [0.15, 0.2) is 5.82 Å². The minimum absolute atomic E-state index is 0.132. The molecule has 0 bridgehead atoms. The van der Waals surface area contributed by atoms with Crippen molar-refractivity contribution in [3.05, 3.63) is 60.4 Å². The molecule has 1 aromatic carbocycles. The van der Waals surface area contributed by atoms with Crippen molar-refractivity contribution < 1.29 is 18.6 Å². The molecule has 1 aliphatic heterocycles. The smallest absolute Gasteiger partial charge is 0.324 e. The second-order valence-electron chi connectivity index (χ2n) is 9.61. The molecular formula is C26H32N6O4S. The molecule has 2 aliphatic rings. The SMILES string of the molecule is C[C@H]1COCCN1c1cc(C2(S(C)(O)O)CCC2)nc(-c2ccc(NC(=O)Nc3ccccn3)cc2)n1. The normalized spacial score (nSPS) is 19.6. The van der Waals surface area contributed by atoms with Gasteiger partial charge in [-0.1, -0.05) is 6.07 Å². The molecule has 0 radical (unpaired) electrons. The lowest BCUT2D eigenvalue weighted by Gasteiger charge is -2.53. The number of anilines is 3. The van der Waals surface area contributed by atoms with E-state index in [4.69, 9.17) is 14.7 Å². The van der Waals surface area contributed by atoms with Crippen LogP contribution in [-0.2, 0) is 9.48 Å². The highest BCUT2D eigenvalue weighted by molar-refractivity contribution is 8.24. The molecule has 1 saturated heterocycles. The number of aromatic nitrogens is 3. The first kappa shape index (κ1) is 25.4. The van der Waals surface area contributed by atoms with Crippen LogP contribution < -0.4 is 15.5 Å². The fourth-order valence-electron chi connectivity index (χ4n) is 4.77. The number of urea groups is 1. The topological polar surface area (TPSA) is 133 Å². The Morgan fingerprint density at radius 2 is 1.92 bits per heavy atom. The van der Waals surface area contributed by atoms with Crippen LogP contribution >= 0.6 is 10.6 Å². The van der Waals surface area contributed by atoms with E-state index >= 15 is 0 Å². The standard InChI is InChI=1S/C26H32N6O4S/c1-18-17-36-15-14-32(18)23-16-21(26(11-5-12-26)37(2,34)35)29-24(31-23)19-7-9-20(10-8-19)28-25(33)30-22-6-3-4-13-27-22/h3-4,6-10,13,16,18,34-35H,5,11-12,14-15,17H2,1-2H3,(H2,27,28,30,33)/t18-/m0/s1. The summed E-state index contributed by atoms with van der Waals surface area (Å²) in [6.45, 7) is 3.99. The highest BCUT2D eigenvalue weighted by Gasteiger charge is 2.49. The van der Waals surface area contributed by atoms with Gasteiger partial charge in [0, 0.05) is 36.3 Å². The van der Waals surface area contributed by atoms with E-state index in [1.54, 1.807) is 36.5 Å². The molecule has 1 atom stereocenters. The summed E-state index contributed by atoms with van der Waals surface area (Å²) in [7, 11) is -2.88. The Hall–Kier alpha value is -3.25. The second kappa shape index (κ2) is 10.3. The van der Waals surface area contributed by atoms with Gasteiger partial charge in [-0.3, -0.25) is 14.4 Å². The van der Waals surface area contributed by atoms with E-state index < -0.39 is 21.4 Å². The Morgan fingerprint density at radius 1 is 1.14 bits per heavy atom. The van der Waals surface area contributed by atoms with Gasteiger partial charge in [0.2, 0.25) is 0 Å². The molecule has 10 nitrogen and oxygen atoms in total. The summed E-state index contributed by atoms with van der Waals surface area (Å²) in [5.41, 5.74) is 2.03. The van der Waals surface area contributed by atoms with E-state index in [2.05, 4.69) is 27.4 Å². The third-order valence-electron chi connectivity index (χ3n) is 7.05. The van der Waals surface area contributed by atoms with Crippen LogP contribution in [0.2, 0.25) is 0 Å². The summed E-state index contributed by atoms with van der Waals surface area (Å²) < 4.78 is 26.4. The van der Waals surface area contributed by atoms with Gasteiger partial charge >= 0.3 is 6.03 Å². The van der Waals surface area contributed by atoms with Crippen molar-refractivity contribution in [1.29, 1.82) is 0 Å². The van der Waals surface area contributed by atoms with Crippen LogP contribution in [0.5, 0.6) is 0 Å². The zero-order chi connectivity index (χ0) is 26.0. The number of ether oxygens (including phenoxy) is 1. The summed E-state index contributed by atoms with van der Waals surface area (Å²) >= 11 is 0. The van der Waals surface area contributed by atoms with E-state index in [9.17, 15) is 13.9 Å². The molecule has 2 amide bonds. The van der Waals surface area contributed by atoms with Gasteiger partial charge in [0.05, 0.1) is 24.9 Å². The van der Waals surface area contributed by atoms with Crippen molar-refractivity contribution >= 4 is 33.9 Å². The molecule has 196 valence electrons. The molecule has 2 fully saturated rings. The molecular weight excluding hydrogens is 492 g/mol. The molecule has 1 saturated carbocycles. The van der Waals surface area contributed by atoms with Gasteiger partial charge in [-0.2, -0.15) is 10.6 Å². The number of rotatable bonds is 6. The summed E-state index contributed by atoms with van der Waals surface area (Å²) in [6.07, 6.45) is 5.40. The van der Waals surface area contributed by atoms with Crippen molar-refractivity contribution in [2.45, 2.75) is 37.0 Å². The highest BCUT2D eigenvalue weighted by Crippen LogP contribution is 2.65. The Morgan fingerprint density at radius 3 is 2.54 bits per heavy atom. The average Bonchev–Trinajstić information content (AvgIpc) is 2.83. The molecule has 5 rings (SSSR count). The van der Waals surface area contributed by atoms with Crippen LogP contribution in [-0.4, -0.2) is 62.1 Å². The predicted octanol–water partition coefficient (Wildman–Crippen LogP) is 5.17. The lowest BCUT2D eigenvalue weighted by atomic mass is 9.81. The molecule has 4 N–H and O–H groups in total.